The molecule has 0 aromatic heterocycles. The Balaban J connectivity index is 2.64. The first-order valence-corrected chi connectivity index (χ1v) is 5.59. The van der Waals surface area contributed by atoms with E-state index < -0.39 is 11.8 Å². The van der Waals surface area contributed by atoms with Crippen LogP contribution in [0.4, 0.5) is 4.39 Å². The maximum atomic E-state index is 13.4. The molecule has 4 heteroatoms. The van der Waals surface area contributed by atoms with Gasteiger partial charge in [-0.3, -0.25) is 4.79 Å². The number of hydrogen-bond donors (Lipinski definition) is 0. The largest absolute Gasteiger partial charge is 0.423 e. The van der Waals surface area contributed by atoms with E-state index in [9.17, 15) is 9.18 Å². The van der Waals surface area contributed by atoms with Gasteiger partial charge >= 0.3 is 5.97 Å². The van der Waals surface area contributed by atoms with Crippen molar-refractivity contribution in [1.29, 1.82) is 0 Å². The van der Waals surface area contributed by atoms with Gasteiger partial charge in [-0.2, -0.15) is 0 Å². The summed E-state index contributed by atoms with van der Waals surface area (Å²) in [6.45, 7) is 1.98. The number of halogens is 2. The smallest absolute Gasteiger partial charge is 0.311 e. The highest BCUT2D eigenvalue weighted by molar-refractivity contribution is 9.10. The molecule has 0 aliphatic rings. The van der Waals surface area contributed by atoms with E-state index in [-0.39, 0.29) is 5.75 Å². The lowest BCUT2D eigenvalue weighted by Gasteiger charge is -2.05. The number of benzene rings is 1. The van der Waals surface area contributed by atoms with E-state index in [0.717, 1.165) is 12.8 Å². The van der Waals surface area contributed by atoms with E-state index in [4.69, 9.17) is 4.74 Å². The Morgan fingerprint density at radius 3 is 2.93 bits per heavy atom. The van der Waals surface area contributed by atoms with Crippen LogP contribution in [-0.2, 0) is 4.79 Å². The third kappa shape index (κ3) is 3.63. The summed E-state index contributed by atoms with van der Waals surface area (Å²) in [5.74, 6) is -0.957. The van der Waals surface area contributed by atoms with Crippen LogP contribution in [0, 0.1) is 5.82 Å². The Morgan fingerprint density at radius 1 is 1.53 bits per heavy atom. The van der Waals surface area contributed by atoms with Gasteiger partial charge in [-0.1, -0.05) is 19.4 Å². The van der Waals surface area contributed by atoms with Crippen molar-refractivity contribution in [3.05, 3.63) is 28.5 Å². The van der Waals surface area contributed by atoms with Crippen molar-refractivity contribution in [3.8, 4) is 5.75 Å². The summed E-state index contributed by atoms with van der Waals surface area (Å²) in [6.07, 6.45) is 1.99. The van der Waals surface area contributed by atoms with Crippen LogP contribution in [0.1, 0.15) is 26.2 Å². The minimum Gasteiger partial charge on any atom is -0.423 e. The fraction of sp³-hybridized carbons (Fsp3) is 0.364. The number of carbonyl (C=O) groups excluding carboxylic acids is 1. The first-order chi connectivity index (χ1) is 7.15. The molecule has 0 N–H and O–H groups in total. The minimum atomic E-state index is -0.539. The van der Waals surface area contributed by atoms with Gasteiger partial charge in [0.05, 0.1) is 4.47 Å². The van der Waals surface area contributed by atoms with Crippen molar-refractivity contribution >= 4 is 21.9 Å². The minimum absolute atomic E-state index is 0.0227. The van der Waals surface area contributed by atoms with Crippen molar-refractivity contribution in [2.75, 3.05) is 0 Å². The van der Waals surface area contributed by atoms with Gasteiger partial charge in [-0.25, -0.2) is 4.39 Å². The molecule has 82 valence electrons. The molecule has 0 fully saturated rings. The molecule has 0 radical (unpaired) electrons. The molecule has 0 aliphatic carbocycles. The highest BCUT2D eigenvalue weighted by atomic mass is 79.9. The molecule has 0 spiro atoms. The maximum Gasteiger partial charge on any atom is 0.311 e. The predicted molar refractivity (Wildman–Crippen MR) is 59.3 cm³/mol. The molecule has 0 unspecified atom stereocenters. The van der Waals surface area contributed by atoms with E-state index in [2.05, 4.69) is 15.9 Å². The molecular weight excluding hydrogens is 263 g/mol. The molecule has 0 amide bonds. The topological polar surface area (TPSA) is 26.3 Å². The quantitative estimate of drug-likeness (QED) is 0.619. The molecule has 2 nitrogen and oxygen atoms in total. The van der Waals surface area contributed by atoms with Crippen molar-refractivity contribution in [2.45, 2.75) is 26.2 Å². The second-order valence-corrected chi connectivity index (χ2v) is 3.98. The van der Waals surface area contributed by atoms with Crippen molar-refractivity contribution in [1.82, 2.24) is 0 Å². The standard InChI is InChI=1S/C11H12BrFO2/c1-2-3-7-10(14)15-9-6-4-5-8(12)11(9)13/h4-6H,2-3,7H2,1H3. The lowest BCUT2D eigenvalue weighted by atomic mass is 10.2. The SMILES string of the molecule is CCCCC(=O)Oc1cccc(Br)c1F. The molecule has 0 saturated carbocycles. The van der Waals surface area contributed by atoms with Crippen LogP contribution in [0.15, 0.2) is 22.7 Å². The second-order valence-electron chi connectivity index (χ2n) is 3.13. The van der Waals surface area contributed by atoms with Gasteiger partial charge < -0.3 is 4.74 Å². The Bertz CT molecular complexity index is 352. The summed E-state index contributed by atoms with van der Waals surface area (Å²) < 4.78 is 18.5. The Labute approximate surface area is 96.6 Å². The van der Waals surface area contributed by atoms with Crippen LogP contribution in [0.2, 0.25) is 0 Å². The molecule has 0 atom stereocenters. The summed E-state index contributed by atoms with van der Waals surface area (Å²) in [5, 5.41) is 0. The zero-order chi connectivity index (χ0) is 11.3. The Kier molecular flexibility index (Phi) is 4.75. The van der Waals surface area contributed by atoms with E-state index in [1.165, 1.54) is 6.07 Å². The molecule has 1 rings (SSSR count). The molecule has 1 aromatic rings. The van der Waals surface area contributed by atoms with Gasteiger partial charge in [0.15, 0.2) is 11.6 Å². The Hall–Kier alpha value is -0.900. The van der Waals surface area contributed by atoms with E-state index in [1.807, 2.05) is 6.92 Å². The first-order valence-electron chi connectivity index (χ1n) is 4.80. The van der Waals surface area contributed by atoms with Gasteiger partial charge in [0, 0.05) is 6.42 Å². The molecule has 0 saturated heterocycles. The van der Waals surface area contributed by atoms with E-state index in [0.29, 0.717) is 10.9 Å². The van der Waals surface area contributed by atoms with Gasteiger partial charge in [0.2, 0.25) is 0 Å². The lowest BCUT2D eigenvalue weighted by molar-refractivity contribution is -0.134. The highest BCUT2D eigenvalue weighted by Gasteiger charge is 2.10. The number of hydrogen-bond acceptors (Lipinski definition) is 2. The summed E-state index contributed by atoms with van der Waals surface area (Å²) >= 11 is 3.02. The second kappa shape index (κ2) is 5.85. The number of carbonyl (C=O) groups is 1. The summed E-state index contributed by atoms with van der Waals surface area (Å²) in [4.78, 5) is 11.2. The van der Waals surface area contributed by atoms with Crippen molar-refractivity contribution in [2.24, 2.45) is 0 Å². The normalized spacial score (nSPS) is 10.1. The summed E-state index contributed by atoms with van der Waals surface area (Å²) in [6, 6.07) is 4.61. The van der Waals surface area contributed by atoms with Crippen LogP contribution >= 0.6 is 15.9 Å². The zero-order valence-electron chi connectivity index (χ0n) is 8.43. The summed E-state index contributed by atoms with van der Waals surface area (Å²) in [5.41, 5.74) is 0. The van der Waals surface area contributed by atoms with Gasteiger partial charge in [0.1, 0.15) is 0 Å². The third-order valence-electron chi connectivity index (χ3n) is 1.87. The highest BCUT2D eigenvalue weighted by Crippen LogP contribution is 2.24. The van der Waals surface area contributed by atoms with Crippen LogP contribution in [-0.4, -0.2) is 5.97 Å². The zero-order valence-corrected chi connectivity index (χ0v) is 10.0. The molecule has 1 aromatic carbocycles. The van der Waals surface area contributed by atoms with E-state index in [1.54, 1.807) is 12.1 Å². The summed E-state index contributed by atoms with van der Waals surface area (Å²) in [7, 11) is 0. The number of esters is 1. The molecule has 0 heterocycles. The van der Waals surface area contributed by atoms with Crippen LogP contribution in [0.25, 0.3) is 0 Å². The number of unbranched alkanes of at least 4 members (excludes halogenated alkanes) is 1. The molecule has 0 aliphatic heterocycles. The van der Waals surface area contributed by atoms with Crippen molar-refractivity contribution < 1.29 is 13.9 Å². The maximum absolute atomic E-state index is 13.4. The van der Waals surface area contributed by atoms with Crippen LogP contribution in [0.5, 0.6) is 5.75 Å². The van der Waals surface area contributed by atoms with Crippen LogP contribution in [0.3, 0.4) is 0 Å². The molecular formula is C11H12BrFO2. The fourth-order valence-corrected chi connectivity index (χ4v) is 1.41. The van der Waals surface area contributed by atoms with Gasteiger partial charge in [-0.15, -0.1) is 0 Å². The van der Waals surface area contributed by atoms with Crippen LogP contribution < -0.4 is 4.74 Å². The van der Waals surface area contributed by atoms with Crippen molar-refractivity contribution in [3.63, 3.8) is 0 Å². The third-order valence-corrected chi connectivity index (χ3v) is 2.49. The van der Waals surface area contributed by atoms with E-state index >= 15 is 0 Å². The molecule has 15 heavy (non-hydrogen) atoms. The average molecular weight is 275 g/mol. The number of ether oxygens (including phenoxy) is 1. The Morgan fingerprint density at radius 2 is 2.27 bits per heavy atom. The monoisotopic (exact) mass is 274 g/mol. The van der Waals surface area contributed by atoms with Gasteiger partial charge in [-0.05, 0) is 34.5 Å². The average Bonchev–Trinajstić information content (AvgIpc) is 2.22. The first kappa shape index (κ1) is 12.2. The lowest BCUT2D eigenvalue weighted by Crippen LogP contribution is -2.08. The predicted octanol–water partition coefficient (Wildman–Crippen LogP) is 3.68. The van der Waals surface area contributed by atoms with Gasteiger partial charge in [0.25, 0.3) is 0 Å². The fourth-order valence-electron chi connectivity index (χ4n) is 1.06. The number of rotatable bonds is 4. The molecule has 0 bridgehead atoms.